The number of alkyl halides is 3. The Morgan fingerprint density at radius 1 is 1.21 bits per heavy atom. The molecule has 5 nitrogen and oxygen atoms in total. The van der Waals surface area contributed by atoms with Crippen LogP contribution in [0.4, 0.5) is 13.2 Å². The lowest BCUT2D eigenvalue weighted by Gasteiger charge is -2.38. The van der Waals surface area contributed by atoms with Crippen LogP contribution in [0.25, 0.3) is 0 Å². The van der Waals surface area contributed by atoms with Crippen molar-refractivity contribution in [1.29, 1.82) is 0 Å². The molecule has 160 valence electrons. The van der Waals surface area contributed by atoms with E-state index in [-0.39, 0.29) is 47.2 Å². The molecule has 1 saturated heterocycles. The fourth-order valence-corrected chi connectivity index (χ4v) is 2.64. The second-order valence-corrected chi connectivity index (χ2v) is 8.11. The van der Waals surface area contributed by atoms with Gasteiger partial charge in [-0.15, -0.1) is 24.0 Å². The van der Waals surface area contributed by atoms with Crippen LogP contribution in [0.1, 0.15) is 38.8 Å². The number of aliphatic imine (C=N–C) groups is 1. The molecule has 0 atom stereocenters. The number of nitrogens with zero attached hydrogens (tertiary/aromatic N) is 1. The Bertz CT molecular complexity index is 684. The van der Waals surface area contributed by atoms with Gasteiger partial charge in [0.05, 0.1) is 18.8 Å². The minimum Gasteiger partial charge on any atom is -0.488 e. The van der Waals surface area contributed by atoms with Gasteiger partial charge in [0.2, 0.25) is 0 Å². The van der Waals surface area contributed by atoms with Gasteiger partial charge in [-0.2, -0.15) is 13.2 Å². The summed E-state index contributed by atoms with van der Waals surface area (Å²) in [5, 5.41) is 6.08. The van der Waals surface area contributed by atoms with Crippen LogP contribution in [-0.2, 0) is 17.5 Å². The number of rotatable bonds is 5. The van der Waals surface area contributed by atoms with Crippen molar-refractivity contribution in [3.63, 3.8) is 0 Å². The van der Waals surface area contributed by atoms with Crippen molar-refractivity contribution in [3.8, 4) is 5.75 Å². The Hall–Kier alpha value is -1.23. The van der Waals surface area contributed by atoms with Crippen LogP contribution in [0, 0.1) is 5.41 Å². The highest BCUT2D eigenvalue weighted by Crippen LogP contribution is 2.35. The maximum atomic E-state index is 13.5. The van der Waals surface area contributed by atoms with Gasteiger partial charge < -0.3 is 20.1 Å². The van der Waals surface area contributed by atoms with Gasteiger partial charge in [-0.1, -0.05) is 13.0 Å². The summed E-state index contributed by atoms with van der Waals surface area (Å²) in [6, 6.07) is 4.04. The quantitative estimate of drug-likeness (QED) is 0.351. The average molecular weight is 515 g/mol. The van der Waals surface area contributed by atoms with Crippen LogP contribution in [0.2, 0.25) is 0 Å². The van der Waals surface area contributed by atoms with Gasteiger partial charge in [0, 0.05) is 25.6 Å². The van der Waals surface area contributed by atoms with Crippen molar-refractivity contribution in [2.24, 2.45) is 10.4 Å². The standard InChI is InChI=1S/C19H28F3N3O2.HI/c1-17(2,3)27-14-7-6-13(15(8-14)19(20,21)22)9-24-16(23-5)25-10-18(4)11-26-12-18;/h6-8H,9-12H2,1-5H3,(H2,23,24,25);1H. The van der Waals surface area contributed by atoms with Crippen LogP contribution < -0.4 is 15.4 Å². The molecule has 2 rings (SSSR count). The monoisotopic (exact) mass is 515 g/mol. The van der Waals surface area contributed by atoms with Crippen molar-refractivity contribution in [2.75, 3.05) is 26.8 Å². The molecule has 9 heteroatoms. The fourth-order valence-electron chi connectivity index (χ4n) is 2.64. The highest BCUT2D eigenvalue weighted by molar-refractivity contribution is 14.0. The molecule has 0 radical (unpaired) electrons. The summed E-state index contributed by atoms with van der Waals surface area (Å²) in [7, 11) is 1.58. The first kappa shape index (κ1) is 24.8. The lowest BCUT2D eigenvalue weighted by molar-refractivity contribution is -0.138. The van der Waals surface area contributed by atoms with Crippen molar-refractivity contribution in [2.45, 2.75) is 46.0 Å². The number of guanidine groups is 1. The summed E-state index contributed by atoms with van der Waals surface area (Å²) in [6.45, 7) is 9.40. The first-order chi connectivity index (χ1) is 12.4. The number of hydrogen-bond acceptors (Lipinski definition) is 3. The van der Waals surface area contributed by atoms with E-state index in [1.165, 1.54) is 6.07 Å². The molecule has 0 aliphatic carbocycles. The van der Waals surface area contributed by atoms with Crippen molar-refractivity contribution >= 4 is 29.9 Å². The molecule has 0 spiro atoms. The summed E-state index contributed by atoms with van der Waals surface area (Å²) in [5.74, 6) is 0.644. The largest absolute Gasteiger partial charge is 0.488 e. The van der Waals surface area contributed by atoms with Gasteiger partial charge >= 0.3 is 6.18 Å². The van der Waals surface area contributed by atoms with Crippen molar-refractivity contribution < 1.29 is 22.6 Å². The molecule has 1 fully saturated rings. The van der Waals surface area contributed by atoms with Gasteiger partial charge in [0.15, 0.2) is 5.96 Å². The number of halogens is 4. The van der Waals surface area contributed by atoms with E-state index >= 15 is 0 Å². The molecule has 0 unspecified atom stereocenters. The molecule has 1 heterocycles. The summed E-state index contributed by atoms with van der Waals surface area (Å²) < 4.78 is 51.2. The third kappa shape index (κ3) is 7.31. The van der Waals surface area contributed by atoms with Gasteiger partial charge in [-0.25, -0.2) is 0 Å². The van der Waals surface area contributed by atoms with Crippen molar-refractivity contribution in [3.05, 3.63) is 29.3 Å². The lowest BCUT2D eigenvalue weighted by atomic mass is 9.89. The third-order valence-electron chi connectivity index (χ3n) is 4.06. The normalized spacial score (nSPS) is 16.6. The molecule has 1 aliphatic heterocycles. The van der Waals surface area contributed by atoms with E-state index < -0.39 is 17.3 Å². The summed E-state index contributed by atoms with van der Waals surface area (Å²) >= 11 is 0. The molecule has 0 aromatic heterocycles. The van der Waals surface area contributed by atoms with Crippen LogP contribution in [-0.4, -0.2) is 38.4 Å². The smallest absolute Gasteiger partial charge is 0.416 e. The summed E-state index contributed by atoms with van der Waals surface area (Å²) in [5.41, 5.74) is -1.13. The highest BCUT2D eigenvalue weighted by atomic mass is 127. The molecule has 2 N–H and O–H groups in total. The van der Waals surface area contributed by atoms with Gasteiger partial charge in [0.25, 0.3) is 0 Å². The predicted octanol–water partition coefficient (Wildman–Crippen LogP) is 4.20. The molecule has 1 aliphatic rings. The van der Waals surface area contributed by atoms with Gasteiger partial charge in [-0.3, -0.25) is 4.99 Å². The summed E-state index contributed by atoms with van der Waals surface area (Å²) in [4.78, 5) is 4.07. The van der Waals surface area contributed by atoms with E-state index in [0.717, 1.165) is 6.07 Å². The fraction of sp³-hybridized carbons (Fsp3) is 0.632. The third-order valence-corrected chi connectivity index (χ3v) is 4.06. The van der Waals surface area contributed by atoms with Gasteiger partial charge in [-0.05, 0) is 38.5 Å². The highest BCUT2D eigenvalue weighted by Gasteiger charge is 2.35. The predicted molar refractivity (Wildman–Crippen MR) is 114 cm³/mol. The molecule has 1 aromatic rings. The van der Waals surface area contributed by atoms with Crippen molar-refractivity contribution in [1.82, 2.24) is 10.6 Å². The molecular formula is C19H29F3IN3O2. The number of hydrogen-bond donors (Lipinski definition) is 2. The Balaban J connectivity index is 0.00000392. The topological polar surface area (TPSA) is 54.9 Å². The van der Waals surface area contributed by atoms with Crippen LogP contribution in [0.15, 0.2) is 23.2 Å². The first-order valence-electron chi connectivity index (χ1n) is 8.83. The molecule has 0 saturated carbocycles. The van der Waals surface area contributed by atoms with E-state index in [1.807, 2.05) is 0 Å². The van der Waals surface area contributed by atoms with Crippen LogP contribution in [0.3, 0.4) is 0 Å². The second-order valence-electron chi connectivity index (χ2n) is 8.11. The van der Waals surface area contributed by atoms with E-state index in [1.54, 1.807) is 33.9 Å². The maximum Gasteiger partial charge on any atom is 0.416 e. The Morgan fingerprint density at radius 2 is 1.86 bits per heavy atom. The van der Waals surface area contributed by atoms with E-state index in [4.69, 9.17) is 9.47 Å². The maximum absolute atomic E-state index is 13.5. The number of ether oxygens (including phenoxy) is 2. The Kier molecular flexibility index (Phi) is 8.43. The second kappa shape index (κ2) is 9.51. The Labute approximate surface area is 181 Å². The molecule has 0 amide bonds. The zero-order chi connectivity index (χ0) is 20.3. The zero-order valence-corrected chi connectivity index (χ0v) is 19.2. The number of benzene rings is 1. The molecule has 28 heavy (non-hydrogen) atoms. The van der Waals surface area contributed by atoms with E-state index in [0.29, 0.717) is 25.7 Å². The number of nitrogens with one attached hydrogen (secondary N) is 2. The first-order valence-corrected chi connectivity index (χ1v) is 8.83. The minimum atomic E-state index is -4.47. The molecule has 1 aromatic carbocycles. The van der Waals surface area contributed by atoms with Gasteiger partial charge in [0.1, 0.15) is 11.4 Å². The van der Waals surface area contributed by atoms with E-state index in [9.17, 15) is 13.2 Å². The minimum absolute atomic E-state index is 0. The van der Waals surface area contributed by atoms with E-state index in [2.05, 4.69) is 22.5 Å². The van der Waals surface area contributed by atoms with Crippen LogP contribution in [0.5, 0.6) is 5.75 Å². The van der Waals surface area contributed by atoms with Crippen LogP contribution >= 0.6 is 24.0 Å². The SMILES string of the molecule is CN=C(NCc1ccc(OC(C)(C)C)cc1C(F)(F)F)NCC1(C)COC1.I. The zero-order valence-electron chi connectivity index (χ0n) is 16.9. The Morgan fingerprint density at radius 3 is 2.32 bits per heavy atom. The molecule has 0 bridgehead atoms. The lowest BCUT2D eigenvalue weighted by Crippen LogP contribution is -2.50. The molecular weight excluding hydrogens is 486 g/mol. The summed E-state index contributed by atoms with van der Waals surface area (Å²) in [6.07, 6.45) is -4.47. The average Bonchev–Trinajstić information content (AvgIpc) is 2.51.